The molecule has 2 aromatic rings. The molecule has 6 nitrogen and oxygen atoms in total. The minimum absolute atomic E-state index is 0.221. The van der Waals surface area contributed by atoms with E-state index in [9.17, 15) is 4.79 Å². The van der Waals surface area contributed by atoms with E-state index in [0.29, 0.717) is 11.5 Å². The van der Waals surface area contributed by atoms with Gasteiger partial charge in [0.25, 0.3) is 5.91 Å². The van der Waals surface area contributed by atoms with Crippen LogP contribution in [0, 0.1) is 5.92 Å². The van der Waals surface area contributed by atoms with Crippen LogP contribution in [0.2, 0.25) is 0 Å². The van der Waals surface area contributed by atoms with E-state index in [4.69, 9.17) is 0 Å². The number of nitrogens with one attached hydrogen (secondary N) is 2. The molecule has 1 fully saturated rings. The van der Waals surface area contributed by atoms with Gasteiger partial charge in [-0.1, -0.05) is 6.92 Å². The van der Waals surface area contributed by atoms with E-state index in [1.54, 1.807) is 6.20 Å². The molecule has 144 valence electrons. The van der Waals surface area contributed by atoms with Crippen LogP contribution in [0.3, 0.4) is 0 Å². The molecule has 3 rings (SSSR count). The Morgan fingerprint density at radius 1 is 1.07 bits per heavy atom. The number of piperidine rings is 1. The highest BCUT2D eigenvalue weighted by Crippen LogP contribution is 2.25. The molecule has 1 aromatic heterocycles. The second-order valence-corrected chi connectivity index (χ2v) is 8.33. The van der Waals surface area contributed by atoms with Gasteiger partial charge in [-0.25, -0.2) is 9.97 Å². The van der Waals surface area contributed by atoms with E-state index >= 15 is 0 Å². The Labute approximate surface area is 161 Å². The number of hydrogen-bond donors (Lipinski definition) is 2. The quantitative estimate of drug-likeness (QED) is 0.855. The van der Waals surface area contributed by atoms with Gasteiger partial charge in [0.15, 0.2) is 0 Å². The average molecular weight is 367 g/mol. The van der Waals surface area contributed by atoms with Crippen LogP contribution < -0.4 is 15.5 Å². The van der Waals surface area contributed by atoms with Crippen molar-refractivity contribution in [3.05, 3.63) is 42.4 Å². The summed E-state index contributed by atoms with van der Waals surface area (Å²) in [6, 6.07) is 8.37. The van der Waals surface area contributed by atoms with Crippen molar-refractivity contribution >= 4 is 23.1 Å². The number of anilines is 3. The predicted octanol–water partition coefficient (Wildman–Crippen LogP) is 3.98. The molecule has 1 amide bonds. The highest BCUT2D eigenvalue weighted by atomic mass is 16.2. The normalized spacial score (nSPS) is 15.5. The third-order valence-corrected chi connectivity index (χ3v) is 4.66. The van der Waals surface area contributed by atoms with Crippen LogP contribution in [0.5, 0.6) is 0 Å². The Morgan fingerprint density at radius 3 is 2.30 bits per heavy atom. The van der Waals surface area contributed by atoms with Gasteiger partial charge in [-0.2, -0.15) is 0 Å². The number of benzene rings is 1. The zero-order chi connectivity index (χ0) is 19.4. The number of nitrogens with zero attached hydrogens (tertiary/aromatic N) is 3. The fourth-order valence-electron chi connectivity index (χ4n) is 3.08. The van der Waals surface area contributed by atoms with Gasteiger partial charge in [-0.05, 0) is 63.8 Å². The number of amides is 1. The molecule has 1 saturated heterocycles. The standard InChI is InChI=1S/C21H29N5O/c1-15-9-11-26(12-10-15)17-7-5-16(6-8-17)24-19-14-22-18(13-23-19)20(27)25-21(2,3)4/h5-8,13-15H,9-12H2,1-4H3,(H,23,24)(H,25,27). The smallest absolute Gasteiger partial charge is 0.271 e. The number of carbonyl (C=O) groups excluding carboxylic acids is 1. The molecule has 2 N–H and O–H groups in total. The van der Waals surface area contributed by atoms with Gasteiger partial charge in [0.1, 0.15) is 11.5 Å². The second-order valence-electron chi connectivity index (χ2n) is 8.33. The monoisotopic (exact) mass is 367 g/mol. The Kier molecular flexibility index (Phi) is 5.63. The zero-order valence-electron chi connectivity index (χ0n) is 16.6. The van der Waals surface area contributed by atoms with E-state index < -0.39 is 0 Å². The molecule has 0 unspecified atom stereocenters. The van der Waals surface area contributed by atoms with Gasteiger partial charge < -0.3 is 15.5 Å². The number of rotatable bonds is 4. The summed E-state index contributed by atoms with van der Waals surface area (Å²) < 4.78 is 0. The van der Waals surface area contributed by atoms with Gasteiger partial charge >= 0.3 is 0 Å². The maximum atomic E-state index is 12.1. The second kappa shape index (κ2) is 7.94. The molecule has 6 heteroatoms. The Balaban J connectivity index is 1.59. The van der Waals surface area contributed by atoms with Gasteiger partial charge in [0.2, 0.25) is 0 Å². The van der Waals surface area contributed by atoms with E-state index in [0.717, 1.165) is 24.7 Å². The third kappa shape index (κ3) is 5.42. The lowest BCUT2D eigenvalue weighted by Gasteiger charge is -2.32. The van der Waals surface area contributed by atoms with E-state index in [-0.39, 0.29) is 11.4 Å². The first-order valence-corrected chi connectivity index (χ1v) is 9.57. The molecule has 1 aromatic carbocycles. The Bertz CT molecular complexity index is 757. The van der Waals surface area contributed by atoms with Gasteiger partial charge in [-0.15, -0.1) is 0 Å². The van der Waals surface area contributed by atoms with Crippen molar-refractivity contribution < 1.29 is 4.79 Å². The molecule has 1 aliphatic rings. The molecule has 0 radical (unpaired) electrons. The average Bonchev–Trinajstić information content (AvgIpc) is 2.62. The summed E-state index contributed by atoms with van der Waals surface area (Å²) in [6.07, 6.45) is 5.58. The molecule has 2 heterocycles. The molecule has 0 saturated carbocycles. The van der Waals surface area contributed by atoms with E-state index in [1.807, 2.05) is 20.8 Å². The summed E-state index contributed by atoms with van der Waals surface area (Å²) >= 11 is 0. The van der Waals surface area contributed by atoms with Crippen molar-refractivity contribution in [1.29, 1.82) is 0 Å². The molecule has 0 atom stereocenters. The largest absolute Gasteiger partial charge is 0.372 e. The minimum atomic E-state index is -0.302. The maximum Gasteiger partial charge on any atom is 0.271 e. The number of hydrogen-bond acceptors (Lipinski definition) is 5. The highest BCUT2D eigenvalue weighted by Gasteiger charge is 2.17. The third-order valence-electron chi connectivity index (χ3n) is 4.66. The number of carbonyl (C=O) groups is 1. The summed E-state index contributed by atoms with van der Waals surface area (Å²) in [4.78, 5) is 23.0. The summed E-state index contributed by atoms with van der Waals surface area (Å²) in [6.45, 7) is 10.4. The zero-order valence-corrected chi connectivity index (χ0v) is 16.6. The maximum absolute atomic E-state index is 12.1. The number of aromatic nitrogens is 2. The highest BCUT2D eigenvalue weighted by molar-refractivity contribution is 5.92. The lowest BCUT2D eigenvalue weighted by Crippen LogP contribution is -2.40. The topological polar surface area (TPSA) is 70.2 Å². The van der Waals surface area contributed by atoms with Crippen LogP contribution in [0.15, 0.2) is 36.7 Å². The fraction of sp³-hybridized carbons (Fsp3) is 0.476. The van der Waals surface area contributed by atoms with Crippen molar-refractivity contribution in [2.24, 2.45) is 5.92 Å². The lowest BCUT2D eigenvalue weighted by molar-refractivity contribution is 0.0914. The van der Waals surface area contributed by atoms with Crippen molar-refractivity contribution in [1.82, 2.24) is 15.3 Å². The van der Waals surface area contributed by atoms with Crippen molar-refractivity contribution in [3.63, 3.8) is 0 Å². The molecule has 0 aliphatic carbocycles. The Morgan fingerprint density at radius 2 is 1.74 bits per heavy atom. The molecule has 27 heavy (non-hydrogen) atoms. The predicted molar refractivity (Wildman–Crippen MR) is 110 cm³/mol. The first kappa shape index (κ1) is 19.1. The van der Waals surface area contributed by atoms with Crippen LogP contribution in [0.25, 0.3) is 0 Å². The van der Waals surface area contributed by atoms with Gasteiger partial charge in [0, 0.05) is 30.0 Å². The van der Waals surface area contributed by atoms with E-state index in [2.05, 4.69) is 56.7 Å². The summed E-state index contributed by atoms with van der Waals surface area (Å²) in [7, 11) is 0. The van der Waals surface area contributed by atoms with Crippen molar-refractivity contribution in [2.45, 2.75) is 46.1 Å². The Hall–Kier alpha value is -2.63. The van der Waals surface area contributed by atoms with Crippen LogP contribution in [-0.4, -0.2) is 34.5 Å². The summed E-state index contributed by atoms with van der Waals surface area (Å²) in [5.41, 5.74) is 2.22. The van der Waals surface area contributed by atoms with Crippen molar-refractivity contribution in [3.8, 4) is 0 Å². The van der Waals surface area contributed by atoms with Crippen LogP contribution in [0.1, 0.15) is 51.0 Å². The van der Waals surface area contributed by atoms with E-state index in [1.165, 1.54) is 24.7 Å². The fourth-order valence-corrected chi connectivity index (χ4v) is 3.08. The minimum Gasteiger partial charge on any atom is -0.372 e. The molecule has 1 aliphatic heterocycles. The van der Waals surface area contributed by atoms with Crippen LogP contribution in [0.4, 0.5) is 17.2 Å². The SMILES string of the molecule is CC1CCN(c2ccc(Nc3cnc(C(=O)NC(C)(C)C)cn3)cc2)CC1. The van der Waals surface area contributed by atoms with Crippen LogP contribution in [-0.2, 0) is 0 Å². The first-order valence-electron chi connectivity index (χ1n) is 9.57. The first-order chi connectivity index (χ1) is 12.8. The molecule has 0 spiro atoms. The van der Waals surface area contributed by atoms with Gasteiger partial charge in [0.05, 0.1) is 12.4 Å². The lowest BCUT2D eigenvalue weighted by atomic mass is 9.99. The van der Waals surface area contributed by atoms with Crippen LogP contribution >= 0.6 is 0 Å². The molecular weight excluding hydrogens is 338 g/mol. The van der Waals surface area contributed by atoms with Crippen molar-refractivity contribution in [2.75, 3.05) is 23.3 Å². The summed E-state index contributed by atoms with van der Waals surface area (Å²) in [5, 5.41) is 6.11. The molecule has 0 bridgehead atoms. The summed E-state index contributed by atoms with van der Waals surface area (Å²) in [5.74, 6) is 1.22. The van der Waals surface area contributed by atoms with Gasteiger partial charge in [-0.3, -0.25) is 4.79 Å². The molecular formula is C21H29N5O.